The number of nitrogens with zero attached hydrogens (tertiary/aromatic N) is 1. The number of sulfonamides is 1. The molecule has 2 aliphatic heterocycles. The van der Waals surface area contributed by atoms with E-state index in [0.717, 1.165) is 23.7 Å². The second-order valence-corrected chi connectivity index (χ2v) is 7.95. The van der Waals surface area contributed by atoms with E-state index in [1.54, 1.807) is 0 Å². The van der Waals surface area contributed by atoms with E-state index in [9.17, 15) is 17.6 Å². The molecule has 2 N–H and O–H groups in total. The highest BCUT2D eigenvalue weighted by molar-refractivity contribution is 7.93. The molecule has 0 aliphatic carbocycles. The van der Waals surface area contributed by atoms with E-state index in [4.69, 9.17) is 0 Å². The number of halogens is 1. The number of nitrogens with one attached hydrogen (secondary N) is 2. The Morgan fingerprint density at radius 1 is 1.35 bits per heavy atom. The molecule has 0 bridgehead atoms. The summed E-state index contributed by atoms with van der Waals surface area (Å²) in [5, 5.41) is 5.93. The summed E-state index contributed by atoms with van der Waals surface area (Å²) in [6.45, 7) is 1.81. The van der Waals surface area contributed by atoms with E-state index in [1.807, 2.05) is 0 Å². The summed E-state index contributed by atoms with van der Waals surface area (Å²) in [4.78, 5) is 12.2. The van der Waals surface area contributed by atoms with Crippen LogP contribution in [-0.4, -0.2) is 39.7 Å². The third-order valence-electron chi connectivity index (χ3n) is 4.25. The van der Waals surface area contributed by atoms with Crippen molar-refractivity contribution in [1.29, 1.82) is 0 Å². The normalized spacial score (nSPS) is 23.7. The molecule has 0 saturated carbocycles. The van der Waals surface area contributed by atoms with Crippen molar-refractivity contribution < 1.29 is 17.6 Å². The Morgan fingerprint density at radius 3 is 2.83 bits per heavy atom. The molecular weight excluding hydrogens is 321 g/mol. The molecular formula is C15H20FN3O3S. The predicted octanol–water partition coefficient (Wildman–Crippen LogP) is 1.30. The van der Waals surface area contributed by atoms with Crippen molar-refractivity contribution in [2.75, 3.05) is 35.0 Å². The van der Waals surface area contributed by atoms with Crippen LogP contribution in [0.5, 0.6) is 0 Å². The van der Waals surface area contributed by atoms with E-state index < -0.39 is 15.8 Å². The molecule has 0 radical (unpaired) electrons. The molecule has 0 spiro atoms. The first-order chi connectivity index (χ1) is 11.0. The van der Waals surface area contributed by atoms with Crippen molar-refractivity contribution in [2.24, 2.45) is 5.92 Å². The summed E-state index contributed by atoms with van der Waals surface area (Å²) in [5.74, 6) is -0.823. The lowest BCUT2D eigenvalue weighted by atomic mass is 9.99. The van der Waals surface area contributed by atoms with Crippen LogP contribution in [0.15, 0.2) is 18.2 Å². The molecule has 8 heteroatoms. The highest BCUT2D eigenvalue weighted by Crippen LogP contribution is 2.29. The van der Waals surface area contributed by atoms with Crippen LogP contribution in [0.3, 0.4) is 0 Å². The molecule has 23 heavy (non-hydrogen) atoms. The van der Waals surface area contributed by atoms with Crippen LogP contribution in [0.25, 0.3) is 0 Å². The zero-order chi connectivity index (χ0) is 16.4. The Bertz CT molecular complexity index is 702. The van der Waals surface area contributed by atoms with E-state index in [1.165, 1.54) is 18.2 Å². The first kappa shape index (κ1) is 16.2. The van der Waals surface area contributed by atoms with Gasteiger partial charge in [-0.3, -0.25) is 9.10 Å². The number of carbonyl (C=O) groups excluding carboxylic acids is 1. The Hall–Kier alpha value is -1.67. The van der Waals surface area contributed by atoms with Crippen molar-refractivity contribution in [2.45, 2.75) is 19.3 Å². The van der Waals surface area contributed by atoms with Crippen LogP contribution in [0, 0.1) is 11.7 Å². The lowest BCUT2D eigenvalue weighted by molar-refractivity contribution is -0.120. The summed E-state index contributed by atoms with van der Waals surface area (Å²) in [6.07, 6.45) is 2.23. The van der Waals surface area contributed by atoms with Gasteiger partial charge in [0, 0.05) is 18.8 Å². The minimum absolute atomic E-state index is 0.00192. The van der Waals surface area contributed by atoms with Crippen molar-refractivity contribution >= 4 is 27.3 Å². The van der Waals surface area contributed by atoms with Crippen LogP contribution >= 0.6 is 0 Å². The topological polar surface area (TPSA) is 78.5 Å². The van der Waals surface area contributed by atoms with Gasteiger partial charge < -0.3 is 10.6 Å². The monoisotopic (exact) mass is 341 g/mol. The number of benzene rings is 1. The molecule has 126 valence electrons. The molecule has 6 nitrogen and oxygen atoms in total. The van der Waals surface area contributed by atoms with Gasteiger partial charge in [0.15, 0.2) is 0 Å². The number of rotatable bonds is 3. The number of amides is 1. The van der Waals surface area contributed by atoms with E-state index in [-0.39, 0.29) is 29.8 Å². The van der Waals surface area contributed by atoms with Crippen LogP contribution in [-0.2, 0) is 14.8 Å². The second-order valence-electron chi connectivity index (χ2n) is 5.94. The summed E-state index contributed by atoms with van der Waals surface area (Å²) < 4.78 is 39.0. The molecule has 1 aromatic carbocycles. The van der Waals surface area contributed by atoms with Gasteiger partial charge in [0.2, 0.25) is 15.9 Å². The Morgan fingerprint density at radius 2 is 2.17 bits per heavy atom. The zero-order valence-electron chi connectivity index (χ0n) is 12.7. The molecule has 2 fully saturated rings. The standard InChI is InChI=1S/C15H20FN3O3S/c16-13-5-4-12(18-15(20)11-3-1-6-17-10-11)9-14(13)19-7-2-8-23(19,21)22/h4-5,9,11,17H,1-3,6-8,10H2,(H,18,20). The van der Waals surface area contributed by atoms with Crippen LogP contribution < -0.4 is 14.9 Å². The number of carbonyl (C=O) groups is 1. The average molecular weight is 341 g/mol. The molecule has 1 unspecified atom stereocenters. The Balaban J connectivity index is 1.79. The van der Waals surface area contributed by atoms with Gasteiger partial charge in [0.25, 0.3) is 0 Å². The number of hydrogen-bond donors (Lipinski definition) is 2. The predicted molar refractivity (Wildman–Crippen MR) is 86.4 cm³/mol. The fraction of sp³-hybridized carbons (Fsp3) is 0.533. The third kappa shape index (κ3) is 3.48. The van der Waals surface area contributed by atoms with Gasteiger partial charge in [0.1, 0.15) is 5.82 Å². The summed E-state index contributed by atoms with van der Waals surface area (Å²) in [6, 6.07) is 4.04. The van der Waals surface area contributed by atoms with Crippen LogP contribution in [0.1, 0.15) is 19.3 Å². The second kappa shape index (κ2) is 6.45. The maximum atomic E-state index is 14.0. The first-order valence-electron chi connectivity index (χ1n) is 7.79. The lowest BCUT2D eigenvalue weighted by Gasteiger charge is -2.22. The lowest BCUT2D eigenvalue weighted by Crippen LogP contribution is -2.37. The van der Waals surface area contributed by atoms with Gasteiger partial charge in [-0.2, -0.15) is 0 Å². The number of hydrogen-bond acceptors (Lipinski definition) is 4. The molecule has 2 saturated heterocycles. The molecule has 2 heterocycles. The molecule has 0 aromatic heterocycles. The van der Waals surface area contributed by atoms with Crippen LogP contribution in [0.2, 0.25) is 0 Å². The van der Waals surface area contributed by atoms with E-state index in [0.29, 0.717) is 18.7 Å². The summed E-state index contributed by atoms with van der Waals surface area (Å²) >= 11 is 0. The maximum Gasteiger partial charge on any atom is 0.235 e. The van der Waals surface area contributed by atoms with Crippen molar-refractivity contribution in [1.82, 2.24) is 5.32 Å². The fourth-order valence-electron chi connectivity index (χ4n) is 3.01. The minimum Gasteiger partial charge on any atom is -0.326 e. The Kier molecular flexibility index (Phi) is 4.54. The quantitative estimate of drug-likeness (QED) is 0.869. The van der Waals surface area contributed by atoms with Gasteiger partial charge in [-0.05, 0) is 44.0 Å². The van der Waals surface area contributed by atoms with Crippen LogP contribution in [0.4, 0.5) is 15.8 Å². The fourth-order valence-corrected chi connectivity index (χ4v) is 4.57. The van der Waals surface area contributed by atoms with Gasteiger partial charge >= 0.3 is 0 Å². The average Bonchev–Trinajstić information content (AvgIpc) is 2.89. The maximum absolute atomic E-state index is 14.0. The molecule has 2 aliphatic rings. The summed E-state index contributed by atoms with van der Waals surface area (Å²) in [5.41, 5.74) is 0.418. The molecule has 3 rings (SSSR count). The van der Waals surface area contributed by atoms with Gasteiger partial charge in [-0.15, -0.1) is 0 Å². The van der Waals surface area contributed by atoms with Crippen molar-refractivity contribution in [3.8, 4) is 0 Å². The first-order valence-corrected chi connectivity index (χ1v) is 9.40. The van der Waals surface area contributed by atoms with Crippen molar-refractivity contribution in [3.05, 3.63) is 24.0 Å². The SMILES string of the molecule is O=C(Nc1ccc(F)c(N2CCCS2(=O)=O)c1)C1CCCNC1. The highest BCUT2D eigenvalue weighted by atomic mass is 32.2. The zero-order valence-corrected chi connectivity index (χ0v) is 13.5. The van der Waals surface area contributed by atoms with Gasteiger partial charge in [-0.25, -0.2) is 12.8 Å². The number of piperidine rings is 1. The van der Waals surface area contributed by atoms with Gasteiger partial charge in [-0.1, -0.05) is 0 Å². The molecule has 1 atom stereocenters. The van der Waals surface area contributed by atoms with Gasteiger partial charge in [0.05, 0.1) is 17.4 Å². The summed E-state index contributed by atoms with van der Waals surface area (Å²) in [7, 11) is -3.46. The van der Waals surface area contributed by atoms with Crippen molar-refractivity contribution in [3.63, 3.8) is 0 Å². The highest BCUT2D eigenvalue weighted by Gasteiger charge is 2.30. The third-order valence-corrected chi connectivity index (χ3v) is 6.10. The molecule has 1 aromatic rings. The molecule has 1 amide bonds. The Labute approximate surface area is 135 Å². The van der Waals surface area contributed by atoms with E-state index >= 15 is 0 Å². The largest absolute Gasteiger partial charge is 0.326 e. The van der Waals surface area contributed by atoms with E-state index in [2.05, 4.69) is 10.6 Å². The number of anilines is 2. The minimum atomic E-state index is -3.46. The smallest absolute Gasteiger partial charge is 0.235 e.